The van der Waals surface area contributed by atoms with Crippen LogP contribution in [0.25, 0.3) is 0 Å². The van der Waals surface area contributed by atoms with Gasteiger partial charge in [-0.1, -0.05) is 13.8 Å². The van der Waals surface area contributed by atoms with Gasteiger partial charge in [0, 0.05) is 51.0 Å². The maximum atomic E-state index is 6.08. The Hall–Kier alpha value is -1.20. The first-order chi connectivity index (χ1) is 10.0. The van der Waals surface area contributed by atoms with Crippen LogP contribution in [0.2, 0.25) is 0 Å². The molecule has 1 aromatic rings. The molecule has 2 heterocycles. The molecule has 118 valence electrons. The van der Waals surface area contributed by atoms with Gasteiger partial charge in [0.25, 0.3) is 0 Å². The van der Waals surface area contributed by atoms with Crippen molar-refractivity contribution < 1.29 is 9.47 Å². The van der Waals surface area contributed by atoms with Crippen molar-refractivity contribution in [2.45, 2.75) is 52.1 Å². The smallest absolute Gasteiger partial charge is 0.163 e. The van der Waals surface area contributed by atoms with Crippen LogP contribution in [0.4, 0.5) is 5.82 Å². The van der Waals surface area contributed by atoms with Gasteiger partial charge in [-0.05, 0) is 19.8 Å². The fraction of sp³-hybridized carbons (Fsp3) is 0.750. The minimum absolute atomic E-state index is 0.388. The van der Waals surface area contributed by atoms with Crippen LogP contribution in [-0.2, 0) is 15.1 Å². The van der Waals surface area contributed by atoms with E-state index in [1.54, 1.807) is 0 Å². The predicted octanol–water partition coefficient (Wildman–Crippen LogP) is 2.99. The first kappa shape index (κ1) is 16.2. The molecule has 0 spiro atoms. The highest BCUT2D eigenvalue weighted by molar-refractivity contribution is 5.48. The number of aryl methyl sites for hydroxylation is 1. The largest absolute Gasteiger partial charge is 0.381 e. The van der Waals surface area contributed by atoms with Crippen molar-refractivity contribution in [2.24, 2.45) is 0 Å². The van der Waals surface area contributed by atoms with Crippen LogP contribution in [0.5, 0.6) is 0 Å². The Morgan fingerprint density at radius 1 is 1.29 bits per heavy atom. The number of anilines is 1. The molecule has 0 unspecified atom stereocenters. The average molecular weight is 293 g/mol. The second-order valence-electron chi connectivity index (χ2n) is 5.84. The molecule has 1 fully saturated rings. The molecule has 1 saturated heterocycles. The molecule has 0 saturated carbocycles. The highest BCUT2D eigenvalue weighted by Crippen LogP contribution is 2.36. The molecule has 0 amide bonds. The molecule has 1 aromatic heterocycles. The summed E-state index contributed by atoms with van der Waals surface area (Å²) >= 11 is 0. The Balaban J connectivity index is 2.48. The van der Waals surface area contributed by atoms with E-state index in [4.69, 9.17) is 19.4 Å². The fourth-order valence-electron chi connectivity index (χ4n) is 3.08. The second-order valence-corrected chi connectivity index (χ2v) is 5.84. The summed E-state index contributed by atoms with van der Waals surface area (Å²) < 4.78 is 11.6. The third-order valence-electron chi connectivity index (χ3n) is 4.08. The van der Waals surface area contributed by atoms with Gasteiger partial charge in [-0.25, -0.2) is 9.97 Å². The summed E-state index contributed by atoms with van der Waals surface area (Å²) in [5.41, 5.74) is 1.81. The van der Waals surface area contributed by atoms with Crippen LogP contribution < -0.4 is 5.32 Å². The average Bonchev–Trinajstić information content (AvgIpc) is 2.47. The Morgan fingerprint density at radius 2 is 1.95 bits per heavy atom. The number of nitrogens with one attached hydrogen (secondary N) is 1. The zero-order chi connectivity index (χ0) is 15.5. The number of rotatable bonds is 5. The van der Waals surface area contributed by atoms with E-state index in [9.17, 15) is 0 Å². The lowest BCUT2D eigenvalue weighted by molar-refractivity contribution is -0.117. The zero-order valence-electron chi connectivity index (χ0n) is 13.8. The number of hydrogen-bond acceptors (Lipinski definition) is 5. The summed E-state index contributed by atoms with van der Waals surface area (Å²) in [6.07, 6.45) is 1.62. The fourth-order valence-corrected chi connectivity index (χ4v) is 3.08. The Labute approximate surface area is 127 Å². The molecule has 0 bridgehead atoms. The normalized spacial score (nSPS) is 18.0. The summed E-state index contributed by atoms with van der Waals surface area (Å²) in [7, 11) is 1.91. The standard InChI is InChI=1S/C16H27N3O2/c1-6-21-16(7-9-20-10-8-16)15-18-12(4)13(11(2)3)14(17-5)19-15/h11H,6-10H2,1-5H3,(H,17,18,19). The van der Waals surface area contributed by atoms with Gasteiger partial charge in [-0.2, -0.15) is 0 Å². The molecular weight excluding hydrogens is 266 g/mol. The third-order valence-corrected chi connectivity index (χ3v) is 4.08. The highest BCUT2D eigenvalue weighted by atomic mass is 16.5. The van der Waals surface area contributed by atoms with Crippen molar-refractivity contribution in [1.82, 2.24) is 9.97 Å². The summed E-state index contributed by atoms with van der Waals surface area (Å²) in [4.78, 5) is 9.57. The maximum Gasteiger partial charge on any atom is 0.163 e. The van der Waals surface area contributed by atoms with Crippen LogP contribution in [0.15, 0.2) is 0 Å². The third kappa shape index (κ3) is 3.19. The Kier molecular flexibility index (Phi) is 5.17. The Morgan fingerprint density at radius 3 is 2.48 bits per heavy atom. The van der Waals surface area contributed by atoms with E-state index in [0.29, 0.717) is 25.7 Å². The first-order valence-corrected chi connectivity index (χ1v) is 7.82. The second kappa shape index (κ2) is 6.71. The van der Waals surface area contributed by atoms with E-state index in [1.165, 1.54) is 5.56 Å². The summed E-state index contributed by atoms with van der Waals surface area (Å²) in [6, 6.07) is 0. The molecule has 5 heteroatoms. The Bertz CT molecular complexity index is 477. The van der Waals surface area contributed by atoms with E-state index in [0.717, 1.165) is 30.2 Å². The zero-order valence-corrected chi connectivity index (χ0v) is 13.8. The van der Waals surface area contributed by atoms with Crippen LogP contribution in [0.1, 0.15) is 56.6 Å². The van der Waals surface area contributed by atoms with E-state index in [1.807, 2.05) is 14.0 Å². The molecule has 21 heavy (non-hydrogen) atoms. The van der Waals surface area contributed by atoms with Gasteiger partial charge >= 0.3 is 0 Å². The van der Waals surface area contributed by atoms with Crippen LogP contribution >= 0.6 is 0 Å². The number of hydrogen-bond donors (Lipinski definition) is 1. The number of aromatic nitrogens is 2. The van der Waals surface area contributed by atoms with Crippen molar-refractivity contribution in [3.05, 3.63) is 17.1 Å². The monoisotopic (exact) mass is 293 g/mol. The number of ether oxygens (including phenoxy) is 2. The summed E-state index contributed by atoms with van der Waals surface area (Å²) in [6.45, 7) is 10.5. The first-order valence-electron chi connectivity index (χ1n) is 7.82. The van der Waals surface area contributed by atoms with Crippen molar-refractivity contribution in [3.63, 3.8) is 0 Å². The summed E-state index contributed by atoms with van der Waals surface area (Å²) in [5, 5.41) is 3.22. The topological polar surface area (TPSA) is 56.3 Å². The van der Waals surface area contributed by atoms with E-state index in [2.05, 4.69) is 26.1 Å². The van der Waals surface area contributed by atoms with Gasteiger partial charge in [0.05, 0.1) is 0 Å². The molecule has 5 nitrogen and oxygen atoms in total. The molecule has 1 aliphatic heterocycles. The minimum Gasteiger partial charge on any atom is -0.381 e. The van der Waals surface area contributed by atoms with Crippen molar-refractivity contribution in [2.75, 3.05) is 32.2 Å². The van der Waals surface area contributed by atoms with Gasteiger partial charge < -0.3 is 14.8 Å². The molecule has 2 rings (SSSR count). The predicted molar refractivity (Wildman–Crippen MR) is 83.8 cm³/mol. The van der Waals surface area contributed by atoms with Gasteiger partial charge in [0.1, 0.15) is 11.4 Å². The summed E-state index contributed by atoms with van der Waals surface area (Å²) in [5.74, 6) is 2.09. The lowest BCUT2D eigenvalue weighted by Gasteiger charge is -2.36. The van der Waals surface area contributed by atoms with E-state index in [-0.39, 0.29) is 0 Å². The van der Waals surface area contributed by atoms with Gasteiger partial charge in [-0.3, -0.25) is 0 Å². The highest BCUT2D eigenvalue weighted by Gasteiger charge is 2.39. The molecule has 0 aliphatic carbocycles. The molecule has 0 atom stereocenters. The van der Waals surface area contributed by atoms with Crippen molar-refractivity contribution in [3.8, 4) is 0 Å². The molecule has 1 aliphatic rings. The molecule has 1 N–H and O–H groups in total. The lowest BCUT2D eigenvalue weighted by atomic mass is 9.92. The van der Waals surface area contributed by atoms with Gasteiger partial charge in [-0.15, -0.1) is 0 Å². The minimum atomic E-state index is -0.404. The molecule has 0 aromatic carbocycles. The maximum absolute atomic E-state index is 6.08. The quantitative estimate of drug-likeness (QED) is 0.904. The van der Waals surface area contributed by atoms with Crippen LogP contribution in [0.3, 0.4) is 0 Å². The lowest BCUT2D eigenvalue weighted by Crippen LogP contribution is -2.38. The SMILES string of the molecule is CCOC1(c2nc(C)c(C(C)C)c(NC)n2)CCOCC1. The number of nitrogens with zero attached hydrogens (tertiary/aromatic N) is 2. The van der Waals surface area contributed by atoms with Crippen molar-refractivity contribution in [1.29, 1.82) is 0 Å². The molecule has 0 radical (unpaired) electrons. The van der Waals surface area contributed by atoms with Gasteiger partial charge in [0.2, 0.25) is 0 Å². The van der Waals surface area contributed by atoms with Gasteiger partial charge in [0.15, 0.2) is 5.82 Å². The van der Waals surface area contributed by atoms with Crippen molar-refractivity contribution >= 4 is 5.82 Å². The van der Waals surface area contributed by atoms with E-state index >= 15 is 0 Å². The molecular formula is C16H27N3O2. The van der Waals surface area contributed by atoms with E-state index < -0.39 is 5.60 Å². The van der Waals surface area contributed by atoms with Crippen LogP contribution in [0, 0.1) is 6.92 Å². The van der Waals surface area contributed by atoms with Crippen LogP contribution in [-0.4, -0.2) is 36.8 Å².